The van der Waals surface area contributed by atoms with Gasteiger partial charge in [-0.2, -0.15) is 0 Å². The van der Waals surface area contributed by atoms with Crippen LogP contribution in [0.3, 0.4) is 0 Å². The van der Waals surface area contributed by atoms with Crippen LogP contribution in [0.2, 0.25) is 0 Å². The summed E-state index contributed by atoms with van der Waals surface area (Å²) in [5.74, 6) is 0. The molecule has 0 unspecified atom stereocenters. The van der Waals surface area contributed by atoms with E-state index >= 15 is 0 Å². The fourth-order valence-corrected chi connectivity index (χ4v) is 2.28. The molecule has 1 rings (SSSR count). The standard InChI is InChI=1S/C15H20S/c1-5-11-16-15(12(3)4)14-9-7-13(6-2)8-10-14/h5,7-11H,6H2,1-4H3/b11-5-. The Morgan fingerprint density at radius 1 is 1.19 bits per heavy atom. The third-order valence-corrected chi connectivity index (χ3v) is 3.69. The quantitative estimate of drug-likeness (QED) is 0.681. The summed E-state index contributed by atoms with van der Waals surface area (Å²) in [6.45, 7) is 8.57. The number of allylic oxidation sites excluding steroid dienone is 2. The molecule has 0 fully saturated rings. The van der Waals surface area contributed by atoms with Crippen LogP contribution in [0.1, 0.15) is 38.8 Å². The van der Waals surface area contributed by atoms with E-state index in [1.54, 1.807) is 11.8 Å². The van der Waals surface area contributed by atoms with Crippen LogP contribution in [0.4, 0.5) is 0 Å². The van der Waals surface area contributed by atoms with Gasteiger partial charge in [0.1, 0.15) is 0 Å². The summed E-state index contributed by atoms with van der Waals surface area (Å²) in [5, 5.41) is 2.13. The molecule has 0 saturated carbocycles. The highest BCUT2D eigenvalue weighted by Gasteiger charge is 2.02. The van der Waals surface area contributed by atoms with Crippen molar-refractivity contribution in [1.29, 1.82) is 0 Å². The predicted molar refractivity (Wildman–Crippen MR) is 76.5 cm³/mol. The molecule has 0 aliphatic heterocycles. The Morgan fingerprint density at radius 3 is 2.25 bits per heavy atom. The molecule has 1 heteroatoms. The monoisotopic (exact) mass is 232 g/mol. The Labute approximate surface area is 103 Å². The van der Waals surface area contributed by atoms with Crippen molar-refractivity contribution in [2.45, 2.75) is 34.1 Å². The van der Waals surface area contributed by atoms with E-state index in [1.165, 1.54) is 21.6 Å². The summed E-state index contributed by atoms with van der Waals surface area (Å²) in [5.41, 5.74) is 4.08. The zero-order valence-corrected chi connectivity index (χ0v) is 11.4. The van der Waals surface area contributed by atoms with Gasteiger partial charge in [0.05, 0.1) is 0 Å². The molecule has 0 N–H and O–H groups in total. The fourth-order valence-electron chi connectivity index (χ4n) is 1.50. The molecule has 0 heterocycles. The van der Waals surface area contributed by atoms with Gasteiger partial charge in [-0.3, -0.25) is 0 Å². The Kier molecular flexibility index (Phi) is 5.41. The lowest BCUT2D eigenvalue weighted by atomic mass is 10.1. The van der Waals surface area contributed by atoms with Crippen LogP contribution in [0, 0.1) is 0 Å². The Bertz CT molecular complexity index is 378. The van der Waals surface area contributed by atoms with Crippen LogP contribution in [0.25, 0.3) is 4.91 Å². The first-order chi connectivity index (χ1) is 7.69. The molecule has 0 aromatic heterocycles. The number of aryl methyl sites for hydroxylation is 1. The van der Waals surface area contributed by atoms with E-state index in [2.05, 4.69) is 63.4 Å². The second-order valence-corrected chi connectivity index (χ2v) is 4.88. The summed E-state index contributed by atoms with van der Waals surface area (Å²) in [6.07, 6.45) is 3.18. The Morgan fingerprint density at radius 2 is 1.81 bits per heavy atom. The topological polar surface area (TPSA) is 0 Å². The second-order valence-electron chi connectivity index (χ2n) is 3.97. The van der Waals surface area contributed by atoms with E-state index in [9.17, 15) is 0 Å². The maximum absolute atomic E-state index is 2.22. The smallest absolute Gasteiger partial charge is 0.0175 e. The van der Waals surface area contributed by atoms with Gasteiger partial charge in [-0.1, -0.05) is 54.6 Å². The lowest BCUT2D eigenvalue weighted by Gasteiger charge is -2.08. The molecule has 16 heavy (non-hydrogen) atoms. The number of hydrogen-bond acceptors (Lipinski definition) is 1. The van der Waals surface area contributed by atoms with Gasteiger partial charge in [-0.25, -0.2) is 0 Å². The third-order valence-electron chi connectivity index (χ3n) is 2.40. The van der Waals surface area contributed by atoms with Gasteiger partial charge in [0.2, 0.25) is 0 Å². The molecule has 0 aliphatic rings. The molecule has 0 nitrogen and oxygen atoms in total. The molecular weight excluding hydrogens is 212 g/mol. The largest absolute Gasteiger partial charge is 0.0979 e. The minimum atomic E-state index is 1.10. The van der Waals surface area contributed by atoms with E-state index in [1.807, 2.05) is 0 Å². The number of thioether (sulfide) groups is 1. The van der Waals surface area contributed by atoms with Crippen molar-refractivity contribution < 1.29 is 0 Å². The number of benzene rings is 1. The molecule has 86 valence electrons. The van der Waals surface area contributed by atoms with Crippen LogP contribution in [-0.2, 0) is 6.42 Å². The zero-order chi connectivity index (χ0) is 12.0. The minimum Gasteiger partial charge on any atom is -0.0979 e. The molecule has 0 atom stereocenters. The lowest BCUT2D eigenvalue weighted by Crippen LogP contribution is -1.84. The van der Waals surface area contributed by atoms with Crippen molar-refractivity contribution in [2.24, 2.45) is 0 Å². The maximum atomic E-state index is 2.22. The van der Waals surface area contributed by atoms with Gasteiger partial charge in [0.25, 0.3) is 0 Å². The van der Waals surface area contributed by atoms with E-state index in [-0.39, 0.29) is 0 Å². The van der Waals surface area contributed by atoms with E-state index in [4.69, 9.17) is 0 Å². The first kappa shape index (κ1) is 13.1. The zero-order valence-electron chi connectivity index (χ0n) is 10.6. The van der Waals surface area contributed by atoms with Crippen LogP contribution >= 0.6 is 11.8 Å². The van der Waals surface area contributed by atoms with Crippen LogP contribution in [0.5, 0.6) is 0 Å². The highest BCUT2D eigenvalue weighted by atomic mass is 32.2. The SMILES string of the molecule is C/C=C\SC(=C(C)C)c1ccc(CC)cc1. The third kappa shape index (κ3) is 3.57. The fraction of sp³-hybridized carbons (Fsp3) is 0.333. The van der Waals surface area contributed by atoms with E-state index in [0.29, 0.717) is 0 Å². The van der Waals surface area contributed by atoms with Crippen LogP contribution in [0.15, 0.2) is 41.3 Å². The molecule has 0 aliphatic carbocycles. The van der Waals surface area contributed by atoms with Gasteiger partial charge < -0.3 is 0 Å². The highest BCUT2D eigenvalue weighted by Crippen LogP contribution is 2.31. The molecular formula is C15H20S. The van der Waals surface area contributed by atoms with Gasteiger partial charge >= 0.3 is 0 Å². The molecule has 0 saturated heterocycles. The molecule has 0 bridgehead atoms. The normalized spacial score (nSPS) is 10.8. The van der Waals surface area contributed by atoms with Crippen LogP contribution in [-0.4, -0.2) is 0 Å². The van der Waals surface area contributed by atoms with Crippen molar-refractivity contribution in [3.8, 4) is 0 Å². The van der Waals surface area contributed by atoms with Gasteiger partial charge in [0.15, 0.2) is 0 Å². The van der Waals surface area contributed by atoms with E-state index in [0.717, 1.165) is 6.42 Å². The second kappa shape index (κ2) is 6.59. The molecule has 0 radical (unpaired) electrons. The summed E-state index contributed by atoms with van der Waals surface area (Å²) >= 11 is 1.80. The first-order valence-electron chi connectivity index (χ1n) is 5.73. The lowest BCUT2D eigenvalue weighted by molar-refractivity contribution is 1.14. The summed E-state index contributed by atoms with van der Waals surface area (Å²) in [4.78, 5) is 1.36. The first-order valence-corrected chi connectivity index (χ1v) is 6.61. The molecule has 0 spiro atoms. The van der Waals surface area contributed by atoms with E-state index < -0.39 is 0 Å². The molecule has 1 aromatic carbocycles. The minimum absolute atomic E-state index is 1.10. The van der Waals surface area contributed by atoms with Crippen molar-refractivity contribution in [3.05, 3.63) is 52.4 Å². The summed E-state index contributed by atoms with van der Waals surface area (Å²) < 4.78 is 0. The number of rotatable bonds is 4. The average Bonchev–Trinajstić information content (AvgIpc) is 2.30. The van der Waals surface area contributed by atoms with Crippen molar-refractivity contribution in [3.63, 3.8) is 0 Å². The van der Waals surface area contributed by atoms with Gasteiger partial charge in [-0.05, 0) is 43.7 Å². The Balaban J connectivity index is 2.98. The summed E-state index contributed by atoms with van der Waals surface area (Å²) in [7, 11) is 0. The number of hydrogen-bond donors (Lipinski definition) is 0. The summed E-state index contributed by atoms with van der Waals surface area (Å²) in [6, 6.07) is 8.87. The van der Waals surface area contributed by atoms with Gasteiger partial charge in [0, 0.05) is 4.91 Å². The molecule has 1 aromatic rings. The van der Waals surface area contributed by atoms with Crippen molar-refractivity contribution in [2.75, 3.05) is 0 Å². The van der Waals surface area contributed by atoms with Crippen molar-refractivity contribution in [1.82, 2.24) is 0 Å². The predicted octanol–water partition coefficient (Wildman–Crippen LogP) is 5.27. The van der Waals surface area contributed by atoms with Gasteiger partial charge in [-0.15, -0.1) is 0 Å². The van der Waals surface area contributed by atoms with Crippen LogP contribution < -0.4 is 0 Å². The Hall–Kier alpha value is -0.950. The average molecular weight is 232 g/mol. The molecule has 0 amide bonds. The van der Waals surface area contributed by atoms with Crippen molar-refractivity contribution >= 4 is 16.7 Å². The maximum Gasteiger partial charge on any atom is 0.0175 e. The highest BCUT2D eigenvalue weighted by molar-refractivity contribution is 8.10.